The molecule has 5 heteroatoms. The molecule has 2 N–H and O–H groups in total. The van der Waals surface area contributed by atoms with Gasteiger partial charge in [-0.05, 0) is 44.1 Å². The van der Waals surface area contributed by atoms with Crippen LogP contribution in [0, 0.1) is 17.8 Å². The minimum absolute atomic E-state index is 0. The molecule has 1 aliphatic carbocycles. The second-order valence-corrected chi connectivity index (χ2v) is 6.80. The summed E-state index contributed by atoms with van der Waals surface area (Å²) in [5, 5.41) is 0. The van der Waals surface area contributed by atoms with Crippen molar-refractivity contribution in [2.45, 2.75) is 39.2 Å². The summed E-state index contributed by atoms with van der Waals surface area (Å²) in [5.74, 6) is 2.26. The number of halogens is 1. The highest BCUT2D eigenvalue weighted by atomic mass is 35.5. The summed E-state index contributed by atoms with van der Waals surface area (Å²) >= 11 is 0. The number of amides is 1. The normalized spacial score (nSPS) is 28.1. The Kier molecular flexibility index (Phi) is 6.76. The summed E-state index contributed by atoms with van der Waals surface area (Å²) in [6.07, 6.45) is 3.80. The van der Waals surface area contributed by atoms with E-state index in [1.165, 1.54) is 19.3 Å². The summed E-state index contributed by atoms with van der Waals surface area (Å²) in [4.78, 5) is 16.6. The highest BCUT2D eigenvalue weighted by Crippen LogP contribution is 2.34. The molecule has 1 saturated heterocycles. The van der Waals surface area contributed by atoms with Crippen molar-refractivity contribution in [1.82, 2.24) is 9.80 Å². The zero-order valence-corrected chi connectivity index (χ0v) is 13.9. The van der Waals surface area contributed by atoms with E-state index in [0.29, 0.717) is 31.0 Å². The first kappa shape index (κ1) is 17.7. The monoisotopic (exact) mass is 303 g/mol. The Labute approximate surface area is 129 Å². The van der Waals surface area contributed by atoms with Crippen molar-refractivity contribution in [3.8, 4) is 0 Å². The Balaban J connectivity index is 0.00000200. The first-order valence-electron chi connectivity index (χ1n) is 7.69. The number of rotatable bonds is 5. The molecule has 20 heavy (non-hydrogen) atoms. The Hall–Kier alpha value is -0.320. The molecule has 4 nitrogen and oxygen atoms in total. The average Bonchev–Trinajstić information content (AvgIpc) is 3.13. The second kappa shape index (κ2) is 7.62. The fourth-order valence-corrected chi connectivity index (χ4v) is 3.51. The lowest BCUT2D eigenvalue weighted by Gasteiger charge is -2.36. The van der Waals surface area contributed by atoms with Crippen LogP contribution in [-0.4, -0.2) is 55.0 Å². The van der Waals surface area contributed by atoms with Gasteiger partial charge < -0.3 is 10.6 Å². The Morgan fingerprint density at radius 2 is 1.85 bits per heavy atom. The van der Waals surface area contributed by atoms with Crippen LogP contribution >= 0.6 is 12.4 Å². The summed E-state index contributed by atoms with van der Waals surface area (Å²) in [7, 11) is 2.05. The van der Waals surface area contributed by atoms with E-state index in [1.54, 1.807) is 0 Å². The predicted octanol–water partition coefficient (Wildman–Crippen LogP) is 1.58. The maximum absolute atomic E-state index is 12.4. The van der Waals surface area contributed by atoms with Gasteiger partial charge >= 0.3 is 0 Å². The van der Waals surface area contributed by atoms with Crippen LogP contribution in [0.15, 0.2) is 0 Å². The average molecular weight is 304 g/mol. The predicted molar refractivity (Wildman–Crippen MR) is 85.0 cm³/mol. The van der Waals surface area contributed by atoms with Crippen molar-refractivity contribution in [1.29, 1.82) is 0 Å². The molecule has 0 aromatic carbocycles. The first-order valence-corrected chi connectivity index (χ1v) is 7.69. The molecule has 118 valence electrons. The van der Waals surface area contributed by atoms with Gasteiger partial charge in [0, 0.05) is 25.7 Å². The maximum atomic E-state index is 12.4. The fraction of sp³-hybridized carbons (Fsp3) is 0.933. The van der Waals surface area contributed by atoms with Crippen molar-refractivity contribution in [3.05, 3.63) is 0 Å². The van der Waals surface area contributed by atoms with Crippen molar-refractivity contribution in [2.24, 2.45) is 23.5 Å². The summed E-state index contributed by atoms with van der Waals surface area (Å²) in [6.45, 7) is 7.53. The van der Waals surface area contributed by atoms with E-state index in [4.69, 9.17) is 5.73 Å². The third kappa shape index (κ3) is 4.61. The SMILES string of the molecule is CC1CC(C)CN(C(=O)CN(C)C(CN)C2CC2)C1.Cl. The smallest absolute Gasteiger partial charge is 0.236 e. The molecule has 1 heterocycles. The van der Waals surface area contributed by atoms with Crippen molar-refractivity contribution in [3.63, 3.8) is 0 Å². The molecule has 2 aliphatic rings. The van der Waals surface area contributed by atoms with Crippen LogP contribution in [0.4, 0.5) is 0 Å². The lowest BCUT2D eigenvalue weighted by Crippen LogP contribution is -2.49. The Bertz CT molecular complexity index is 312. The van der Waals surface area contributed by atoms with Gasteiger partial charge in [-0.2, -0.15) is 0 Å². The van der Waals surface area contributed by atoms with E-state index in [1.807, 2.05) is 7.05 Å². The number of carbonyl (C=O) groups is 1. The number of nitrogens with two attached hydrogens (primary N) is 1. The van der Waals surface area contributed by atoms with Crippen molar-refractivity contribution >= 4 is 18.3 Å². The number of hydrogen-bond donors (Lipinski definition) is 1. The fourth-order valence-electron chi connectivity index (χ4n) is 3.51. The summed E-state index contributed by atoms with van der Waals surface area (Å²) in [6, 6.07) is 0.392. The first-order chi connectivity index (χ1) is 9.01. The molecule has 2 fully saturated rings. The highest BCUT2D eigenvalue weighted by Gasteiger charge is 2.34. The largest absolute Gasteiger partial charge is 0.341 e. The standard InChI is InChI=1S/C15H29N3O.ClH/c1-11-6-12(2)9-18(8-11)15(19)10-17(3)14(7-16)13-4-5-13;/h11-14H,4-10,16H2,1-3H3;1H. The van der Waals surface area contributed by atoms with Gasteiger partial charge in [-0.3, -0.25) is 9.69 Å². The third-order valence-electron chi connectivity index (χ3n) is 4.58. The quantitative estimate of drug-likeness (QED) is 0.839. The molecule has 0 radical (unpaired) electrons. The number of piperidine rings is 1. The maximum Gasteiger partial charge on any atom is 0.236 e. The highest BCUT2D eigenvalue weighted by molar-refractivity contribution is 5.85. The van der Waals surface area contributed by atoms with Crippen LogP contribution in [0.2, 0.25) is 0 Å². The lowest BCUT2D eigenvalue weighted by atomic mass is 9.92. The number of hydrogen-bond acceptors (Lipinski definition) is 3. The van der Waals surface area contributed by atoms with Crippen LogP contribution < -0.4 is 5.73 Å². The van der Waals surface area contributed by atoms with Crippen molar-refractivity contribution < 1.29 is 4.79 Å². The van der Waals surface area contributed by atoms with E-state index < -0.39 is 0 Å². The van der Waals surface area contributed by atoms with E-state index in [9.17, 15) is 4.79 Å². The van der Waals surface area contributed by atoms with Crippen LogP contribution in [0.1, 0.15) is 33.1 Å². The molecule has 0 spiro atoms. The minimum Gasteiger partial charge on any atom is -0.341 e. The van der Waals surface area contributed by atoms with Crippen LogP contribution in [-0.2, 0) is 4.79 Å². The number of nitrogens with zero attached hydrogens (tertiary/aromatic N) is 2. The summed E-state index contributed by atoms with van der Waals surface area (Å²) in [5.41, 5.74) is 5.85. The van der Waals surface area contributed by atoms with Gasteiger partial charge in [-0.15, -0.1) is 12.4 Å². The molecule has 1 saturated carbocycles. The van der Waals surface area contributed by atoms with Gasteiger partial charge in [0.15, 0.2) is 0 Å². The molecule has 2 rings (SSSR count). The van der Waals surface area contributed by atoms with Gasteiger partial charge in [0.2, 0.25) is 5.91 Å². The van der Waals surface area contributed by atoms with Gasteiger partial charge in [-0.1, -0.05) is 13.8 Å². The van der Waals surface area contributed by atoms with E-state index >= 15 is 0 Å². The van der Waals surface area contributed by atoms with Crippen molar-refractivity contribution in [2.75, 3.05) is 33.2 Å². The van der Waals surface area contributed by atoms with Gasteiger partial charge in [0.1, 0.15) is 0 Å². The molecular formula is C15H30ClN3O. The zero-order valence-electron chi connectivity index (χ0n) is 13.0. The molecule has 0 bridgehead atoms. The minimum atomic E-state index is 0. The molecule has 0 aromatic heterocycles. The third-order valence-corrected chi connectivity index (χ3v) is 4.58. The zero-order chi connectivity index (χ0) is 14.0. The molecule has 3 unspecified atom stereocenters. The Morgan fingerprint density at radius 3 is 2.30 bits per heavy atom. The van der Waals surface area contributed by atoms with E-state index in [2.05, 4.69) is 23.6 Å². The van der Waals surface area contributed by atoms with Crippen LogP contribution in [0.25, 0.3) is 0 Å². The number of likely N-dealkylation sites (tertiary alicyclic amines) is 1. The molecular weight excluding hydrogens is 274 g/mol. The molecule has 0 aromatic rings. The Morgan fingerprint density at radius 1 is 1.30 bits per heavy atom. The van der Waals surface area contributed by atoms with E-state index in [0.717, 1.165) is 19.0 Å². The summed E-state index contributed by atoms with van der Waals surface area (Å²) < 4.78 is 0. The lowest BCUT2D eigenvalue weighted by molar-refractivity contribution is -0.135. The van der Waals surface area contributed by atoms with E-state index in [-0.39, 0.29) is 18.3 Å². The molecule has 1 aliphatic heterocycles. The van der Waals surface area contributed by atoms with Crippen LogP contribution in [0.5, 0.6) is 0 Å². The topological polar surface area (TPSA) is 49.6 Å². The van der Waals surface area contributed by atoms with Gasteiger partial charge in [-0.25, -0.2) is 0 Å². The van der Waals surface area contributed by atoms with Gasteiger partial charge in [0.25, 0.3) is 0 Å². The number of carbonyl (C=O) groups excluding carboxylic acids is 1. The number of likely N-dealkylation sites (N-methyl/N-ethyl adjacent to an activating group) is 1. The molecule has 1 amide bonds. The van der Waals surface area contributed by atoms with Crippen LogP contribution in [0.3, 0.4) is 0 Å². The molecule has 3 atom stereocenters. The second-order valence-electron chi connectivity index (χ2n) is 6.80. The van der Waals surface area contributed by atoms with Gasteiger partial charge in [0.05, 0.1) is 6.54 Å².